The molecule has 0 spiro atoms. The van der Waals surface area contributed by atoms with Gasteiger partial charge in [-0.1, -0.05) is 6.92 Å². The number of rotatable bonds is 4. The number of carbonyl (C=O) groups excluding carboxylic acids is 1. The van der Waals surface area contributed by atoms with E-state index in [1.807, 2.05) is 11.8 Å². The van der Waals surface area contributed by atoms with Gasteiger partial charge in [0.2, 0.25) is 0 Å². The van der Waals surface area contributed by atoms with Gasteiger partial charge < -0.3 is 19.0 Å². The van der Waals surface area contributed by atoms with Gasteiger partial charge in [0, 0.05) is 38.2 Å². The molecule has 0 saturated carbocycles. The first kappa shape index (κ1) is 17.3. The average Bonchev–Trinajstić information content (AvgIpc) is 3.17. The van der Waals surface area contributed by atoms with Crippen LogP contribution in [-0.2, 0) is 6.42 Å². The highest BCUT2D eigenvalue weighted by molar-refractivity contribution is 5.94. The normalized spacial score (nSPS) is 14.6. The van der Waals surface area contributed by atoms with Crippen LogP contribution in [0.2, 0.25) is 0 Å². The molecule has 0 radical (unpaired) electrons. The number of hydrogen-bond donors (Lipinski definition) is 0. The number of ether oxygens (including phenoxy) is 1. The van der Waals surface area contributed by atoms with Gasteiger partial charge in [-0.3, -0.25) is 4.79 Å². The molecule has 8 nitrogen and oxygen atoms in total. The molecule has 1 aliphatic rings. The van der Waals surface area contributed by atoms with Crippen LogP contribution in [-0.4, -0.2) is 59.0 Å². The van der Waals surface area contributed by atoms with Crippen molar-refractivity contribution in [3.63, 3.8) is 0 Å². The van der Waals surface area contributed by atoms with Crippen molar-refractivity contribution >= 4 is 23.0 Å². The number of nitrogens with zero attached hydrogens (tertiary/aromatic N) is 5. The monoisotopic (exact) mass is 367 g/mol. The zero-order valence-electron chi connectivity index (χ0n) is 15.4. The number of anilines is 1. The second-order valence-electron chi connectivity index (χ2n) is 6.32. The maximum Gasteiger partial charge on any atom is 0.253 e. The smallest absolute Gasteiger partial charge is 0.253 e. The molecule has 4 rings (SSSR count). The van der Waals surface area contributed by atoms with Crippen molar-refractivity contribution < 1.29 is 13.9 Å². The Bertz CT molecular complexity index is 946. The highest BCUT2D eigenvalue weighted by Crippen LogP contribution is 2.24. The van der Waals surface area contributed by atoms with E-state index in [-0.39, 0.29) is 5.91 Å². The summed E-state index contributed by atoms with van der Waals surface area (Å²) in [7, 11) is 1.61. The quantitative estimate of drug-likeness (QED) is 0.698. The Morgan fingerprint density at radius 1 is 1.15 bits per heavy atom. The fraction of sp³-hybridized carbons (Fsp3) is 0.368. The highest BCUT2D eigenvalue weighted by atomic mass is 16.5. The van der Waals surface area contributed by atoms with E-state index in [0.29, 0.717) is 55.3 Å². The van der Waals surface area contributed by atoms with Crippen LogP contribution in [0.1, 0.15) is 23.2 Å². The van der Waals surface area contributed by atoms with Crippen LogP contribution < -0.4 is 9.64 Å². The number of methoxy groups -OCH3 is 1. The van der Waals surface area contributed by atoms with Crippen molar-refractivity contribution in [2.24, 2.45) is 0 Å². The zero-order valence-corrected chi connectivity index (χ0v) is 15.4. The van der Waals surface area contributed by atoms with E-state index in [1.165, 1.54) is 6.33 Å². The molecule has 0 bridgehead atoms. The predicted molar refractivity (Wildman–Crippen MR) is 100 cm³/mol. The maximum absolute atomic E-state index is 12.7. The number of piperazine rings is 1. The molecule has 2 aromatic heterocycles. The first-order chi connectivity index (χ1) is 13.2. The number of benzene rings is 1. The Labute approximate surface area is 156 Å². The van der Waals surface area contributed by atoms with Crippen LogP contribution in [0.15, 0.2) is 35.0 Å². The molecule has 1 aliphatic heterocycles. The molecule has 1 fully saturated rings. The lowest BCUT2D eigenvalue weighted by molar-refractivity contribution is 0.0746. The Morgan fingerprint density at radius 3 is 2.56 bits per heavy atom. The molecular weight excluding hydrogens is 346 g/mol. The predicted octanol–water partition coefficient (Wildman–Crippen LogP) is 2.15. The van der Waals surface area contributed by atoms with Gasteiger partial charge in [0.1, 0.15) is 12.1 Å². The molecule has 8 heteroatoms. The lowest BCUT2D eigenvalue weighted by Crippen LogP contribution is -2.49. The fourth-order valence-electron chi connectivity index (χ4n) is 3.21. The van der Waals surface area contributed by atoms with Crippen LogP contribution in [0.3, 0.4) is 0 Å². The molecule has 0 aliphatic carbocycles. The van der Waals surface area contributed by atoms with Gasteiger partial charge in [0.25, 0.3) is 11.6 Å². The molecule has 1 saturated heterocycles. The SMILES string of the molecule is CCc1nc2c(N3CCN(C(=O)c4ccc(OC)cc4)CC3)ncnc2o1. The first-order valence-corrected chi connectivity index (χ1v) is 8.98. The Hall–Kier alpha value is -3.16. The van der Waals surface area contributed by atoms with Crippen LogP contribution >= 0.6 is 0 Å². The number of carbonyl (C=O) groups is 1. The maximum atomic E-state index is 12.7. The van der Waals surface area contributed by atoms with E-state index < -0.39 is 0 Å². The Kier molecular flexibility index (Phi) is 4.62. The highest BCUT2D eigenvalue weighted by Gasteiger charge is 2.25. The molecule has 1 aromatic carbocycles. The average molecular weight is 367 g/mol. The van der Waals surface area contributed by atoms with Gasteiger partial charge in [-0.05, 0) is 24.3 Å². The number of aryl methyl sites for hydroxylation is 1. The molecule has 1 amide bonds. The van der Waals surface area contributed by atoms with Gasteiger partial charge >= 0.3 is 0 Å². The van der Waals surface area contributed by atoms with Crippen molar-refractivity contribution in [2.45, 2.75) is 13.3 Å². The summed E-state index contributed by atoms with van der Waals surface area (Å²) in [5.74, 6) is 2.18. The van der Waals surface area contributed by atoms with Gasteiger partial charge in [0.15, 0.2) is 17.2 Å². The lowest BCUT2D eigenvalue weighted by atomic mass is 10.1. The van der Waals surface area contributed by atoms with Gasteiger partial charge in [-0.25, -0.2) is 9.97 Å². The lowest BCUT2D eigenvalue weighted by Gasteiger charge is -2.35. The standard InChI is InChI=1S/C19H21N5O3/c1-3-15-22-16-17(20-12-21-18(16)27-15)23-8-10-24(11-9-23)19(25)13-4-6-14(26-2)7-5-13/h4-7,12H,3,8-11H2,1-2H3. The van der Waals surface area contributed by atoms with Crippen molar-refractivity contribution in [3.05, 3.63) is 42.0 Å². The third-order valence-corrected chi connectivity index (χ3v) is 4.73. The zero-order chi connectivity index (χ0) is 18.8. The van der Waals surface area contributed by atoms with Crippen molar-refractivity contribution in [3.8, 4) is 5.75 Å². The first-order valence-electron chi connectivity index (χ1n) is 8.98. The number of oxazole rings is 1. The van der Waals surface area contributed by atoms with E-state index in [9.17, 15) is 4.79 Å². The Morgan fingerprint density at radius 2 is 1.89 bits per heavy atom. The summed E-state index contributed by atoms with van der Waals surface area (Å²) >= 11 is 0. The molecule has 3 heterocycles. The fourth-order valence-corrected chi connectivity index (χ4v) is 3.21. The minimum Gasteiger partial charge on any atom is -0.497 e. The molecule has 0 unspecified atom stereocenters. The van der Waals surface area contributed by atoms with Crippen LogP contribution in [0.25, 0.3) is 11.2 Å². The summed E-state index contributed by atoms with van der Waals surface area (Å²) in [6.45, 7) is 4.59. The third kappa shape index (κ3) is 3.30. The topological polar surface area (TPSA) is 84.6 Å². The second-order valence-corrected chi connectivity index (χ2v) is 6.32. The number of amides is 1. The van der Waals surface area contributed by atoms with Crippen molar-refractivity contribution in [1.29, 1.82) is 0 Å². The molecule has 3 aromatic rings. The summed E-state index contributed by atoms with van der Waals surface area (Å²) in [5.41, 5.74) is 1.86. The van der Waals surface area contributed by atoms with Gasteiger partial charge in [-0.2, -0.15) is 4.98 Å². The minimum absolute atomic E-state index is 0.0276. The summed E-state index contributed by atoms with van der Waals surface area (Å²) in [6.07, 6.45) is 2.21. The Balaban J connectivity index is 1.47. The second kappa shape index (κ2) is 7.22. The van der Waals surface area contributed by atoms with E-state index >= 15 is 0 Å². The largest absolute Gasteiger partial charge is 0.497 e. The summed E-state index contributed by atoms with van der Waals surface area (Å²) < 4.78 is 10.8. The number of hydrogen-bond acceptors (Lipinski definition) is 7. The van der Waals surface area contributed by atoms with Crippen molar-refractivity contribution in [1.82, 2.24) is 19.9 Å². The molecule has 0 atom stereocenters. The van der Waals surface area contributed by atoms with Crippen LogP contribution in [0, 0.1) is 0 Å². The van der Waals surface area contributed by atoms with Crippen LogP contribution in [0.5, 0.6) is 5.75 Å². The van der Waals surface area contributed by atoms with E-state index in [4.69, 9.17) is 9.15 Å². The van der Waals surface area contributed by atoms with E-state index in [1.54, 1.807) is 31.4 Å². The molecule has 140 valence electrons. The van der Waals surface area contributed by atoms with Crippen molar-refractivity contribution in [2.75, 3.05) is 38.2 Å². The minimum atomic E-state index is 0.0276. The van der Waals surface area contributed by atoms with Crippen LogP contribution in [0.4, 0.5) is 5.82 Å². The molecule has 0 N–H and O–H groups in total. The van der Waals surface area contributed by atoms with E-state index in [0.717, 1.165) is 11.6 Å². The summed E-state index contributed by atoms with van der Waals surface area (Å²) in [5, 5.41) is 0. The number of aromatic nitrogens is 3. The summed E-state index contributed by atoms with van der Waals surface area (Å²) in [4.78, 5) is 29.8. The van der Waals surface area contributed by atoms with Gasteiger partial charge in [0.05, 0.1) is 7.11 Å². The number of fused-ring (bicyclic) bond motifs is 1. The van der Waals surface area contributed by atoms with E-state index in [2.05, 4.69) is 19.9 Å². The van der Waals surface area contributed by atoms with Gasteiger partial charge in [-0.15, -0.1) is 0 Å². The third-order valence-electron chi connectivity index (χ3n) is 4.73. The molecule has 27 heavy (non-hydrogen) atoms. The summed E-state index contributed by atoms with van der Waals surface area (Å²) in [6, 6.07) is 7.19. The molecular formula is C19H21N5O3.